The Balaban J connectivity index is 2.41. The molecule has 5 nitrogen and oxygen atoms in total. The highest BCUT2D eigenvalue weighted by molar-refractivity contribution is 5.96. The van der Waals surface area contributed by atoms with E-state index in [2.05, 4.69) is 5.32 Å². The summed E-state index contributed by atoms with van der Waals surface area (Å²) in [5, 5.41) is 20.8. The molecule has 0 spiro atoms. The Morgan fingerprint density at radius 2 is 2.05 bits per heavy atom. The number of benzene rings is 2. The molecule has 4 N–H and O–H groups in total. The molecule has 0 aromatic heterocycles. The lowest BCUT2D eigenvalue weighted by atomic mass is 10.1. The van der Waals surface area contributed by atoms with Gasteiger partial charge in [-0.25, -0.2) is 9.18 Å². The first-order valence-corrected chi connectivity index (χ1v) is 6.02. The molecule has 2 aromatic rings. The molecule has 21 heavy (non-hydrogen) atoms. The Kier molecular flexibility index (Phi) is 3.76. The number of anilines is 3. The number of nitrogen functional groups attached to an aromatic ring is 1. The normalized spacial score (nSPS) is 9.95. The summed E-state index contributed by atoms with van der Waals surface area (Å²) < 4.78 is 13.3. The van der Waals surface area contributed by atoms with E-state index in [1.165, 1.54) is 24.3 Å². The van der Waals surface area contributed by atoms with Gasteiger partial charge in [-0.05, 0) is 42.8 Å². The Morgan fingerprint density at radius 1 is 1.33 bits per heavy atom. The molecule has 0 aliphatic rings. The van der Waals surface area contributed by atoms with Gasteiger partial charge in [-0.2, -0.15) is 5.26 Å². The number of nitriles is 1. The molecule has 0 aliphatic heterocycles. The molecule has 0 aliphatic carbocycles. The molecule has 0 bridgehead atoms. The van der Waals surface area contributed by atoms with E-state index in [1.54, 1.807) is 19.1 Å². The number of nitrogens with two attached hydrogens (primary N) is 1. The van der Waals surface area contributed by atoms with Gasteiger partial charge in [-0.3, -0.25) is 0 Å². The molecule has 106 valence electrons. The number of aromatic carboxylic acids is 1. The van der Waals surface area contributed by atoms with E-state index in [0.29, 0.717) is 16.9 Å². The Bertz CT molecular complexity index is 766. The predicted molar refractivity (Wildman–Crippen MR) is 76.9 cm³/mol. The number of nitrogens with one attached hydrogen (secondary N) is 1. The smallest absolute Gasteiger partial charge is 0.337 e. The minimum Gasteiger partial charge on any atom is -0.478 e. The molecule has 0 saturated carbocycles. The molecule has 0 atom stereocenters. The zero-order chi connectivity index (χ0) is 15.6. The fourth-order valence-electron chi connectivity index (χ4n) is 1.90. The summed E-state index contributed by atoms with van der Waals surface area (Å²) in [6, 6.07) is 8.79. The van der Waals surface area contributed by atoms with Crippen LogP contribution in [-0.2, 0) is 0 Å². The molecule has 0 heterocycles. The van der Waals surface area contributed by atoms with E-state index in [0.717, 1.165) is 0 Å². The quantitative estimate of drug-likeness (QED) is 0.753. The lowest BCUT2D eigenvalue weighted by Gasteiger charge is -2.11. The van der Waals surface area contributed by atoms with E-state index < -0.39 is 11.8 Å². The van der Waals surface area contributed by atoms with Crippen LogP contribution in [0.4, 0.5) is 21.5 Å². The third-order valence-corrected chi connectivity index (χ3v) is 2.99. The molecule has 2 rings (SSSR count). The van der Waals surface area contributed by atoms with Crippen molar-refractivity contribution >= 4 is 23.0 Å². The third-order valence-electron chi connectivity index (χ3n) is 2.99. The maximum atomic E-state index is 13.3. The molecular weight excluding hydrogens is 273 g/mol. The van der Waals surface area contributed by atoms with Gasteiger partial charge in [-0.15, -0.1) is 0 Å². The number of halogens is 1. The Morgan fingerprint density at radius 3 is 2.67 bits per heavy atom. The molecular formula is C15H12FN3O2. The van der Waals surface area contributed by atoms with Crippen LogP contribution in [0.25, 0.3) is 0 Å². The summed E-state index contributed by atoms with van der Waals surface area (Å²) in [5.74, 6) is -1.74. The maximum Gasteiger partial charge on any atom is 0.337 e. The number of carboxylic acids is 1. The zero-order valence-corrected chi connectivity index (χ0v) is 11.1. The SMILES string of the molecule is Cc1cc(Nc2ccc(F)c(C#N)c2)cc(C(=O)O)c1N. The fraction of sp³-hybridized carbons (Fsp3) is 0.0667. The van der Waals surface area contributed by atoms with Crippen molar-refractivity contribution in [3.8, 4) is 6.07 Å². The van der Waals surface area contributed by atoms with Crippen LogP contribution in [0.2, 0.25) is 0 Å². The Labute approximate surface area is 120 Å². The highest BCUT2D eigenvalue weighted by Crippen LogP contribution is 2.26. The van der Waals surface area contributed by atoms with E-state index in [9.17, 15) is 9.18 Å². The summed E-state index contributed by atoms with van der Waals surface area (Å²) in [6.45, 7) is 1.69. The average Bonchev–Trinajstić information content (AvgIpc) is 2.44. The van der Waals surface area contributed by atoms with Crippen LogP contribution >= 0.6 is 0 Å². The van der Waals surface area contributed by atoms with E-state index in [-0.39, 0.29) is 16.8 Å². The van der Waals surface area contributed by atoms with Crippen molar-refractivity contribution in [2.24, 2.45) is 0 Å². The van der Waals surface area contributed by atoms with Gasteiger partial charge >= 0.3 is 5.97 Å². The highest BCUT2D eigenvalue weighted by Gasteiger charge is 2.12. The van der Waals surface area contributed by atoms with E-state index in [1.807, 2.05) is 0 Å². The summed E-state index contributed by atoms with van der Waals surface area (Å²) in [7, 11) is 0. The molecule has 0 radical (unpaired) electrons. The van der Waals surface area contributed by atoms with Gasteiger partial charge in [0.2, 0.25) is 0 Å². The van der Waals surface area contributed by atoms with Crippen molar-refractivity contribution in [3.63, 3.8) is 0 Å². The first kappa shape index (κ1) is 14.3. The van der Waals surface area contributed by atoms with Crippen LogP contribution in [-0.4, -0.2) is 11.1 Å². The first-order chi connectivity index (χ1) is 9.92. The molecule has 0 amide bonds. The fourth-order valence-corrected chi connectivity index (χ4v) is 1.90. The van der Waals surface area contributed by atoms with Crippen LogP contribution in [0.15, 0.2) is 30.3 Å². The predicted octanol–water partition coefficient (Wildman–Crippen LogP) is 3.03. The molecule has 0 fully saturated rings. The largest absolute Gasteiger partial charge is 0.478 e. The molecule has 0 unspecified atom stereocenters. The summed E-state index contributed by atoms with van der Waals surface area (Å²) in [5.41, 5.74) is 7.39. The van der Waals surface area contributed by atoms with Crippen LogP contribution in [0, 0.1) is 24.1 Å². The van der Waals surface area contributed by atoms with Gasteiger partial charge in [0.1, 0.15) is 11.9 Å². The maximum absolute atomic E-state index is 13.3. The van der Waals surface area contributed by atoms with E-state index >= 15 is 0 Å². The zero-order valence-electron chi connectivity index (χ0n) is 11.1. The number of aryl methyl sites for hydroxylation is 1. The van der Waals surface area contributed by atoms with Gasteiger partial charge in [0, 0.05) is 17.1 Å². The van der Waals surface area contributed by atoms with Crippen molar-refractivity contribution in [2.75, 3.05) is 11.1 Å². The van der Waals surface area contributed by atoms with Gasteiger partial charge in [-0.1, -0.05) is 0 Å². The second-order valence-corrected chi connectivity index (χ2v) is 4.49. The van der Waals surface area contributed by atoms with E-state index in [4.69, 9.17) is 16.1 Å². The van der Waals surface area contributed by atoms with Gasteiger partial charge < -0.3 is 16.2 Å². The topological polar surface area (TPSA) is 99.1 Å². The van der Waals surface area contributed by atoms with Crippen LogP contribution < -0.4 is 11.1 Å². The molecule has 0 saturated heterocycles. The van der Waals surface area contributed by atoms with Crippen LogP contribution in [0.3, 0.4) is 0 Å². The number of carbonyl (C=O) groups is 1. The standard InChI is InChI=1S/C15H12FN3O2/c1-8-4-11(6-12(14(8)18)15(20)21)19-10-2-3-13(16)9(5-10)7-17/h2-6,19H,18H2,1H3,(H,20,21). The summed E-state index contributed by atoms with van der Waals surface area (Å²) in [6.07, 6.45) is 0. The first-order valence-electron chi connectivity index (χ1n) is 6.02. The minimum atomic E-state index is -1.13. The van der Waals surface area contributed by atoms with Crippen molar-refractivity contribution in [3.05, 3.63) is 52.8 Å². The van der Waals surface area contributed by atoms with Crippen molar-refractivity contribution in [1.29, 1.82) is 5.26 Å². The highest BCUT2D eigenvalue weighted by atomic mass is 19.1. The lowest BCUT2D eigenvalue weighted by Crippen LogP contribution is -2.05. The number of rotatable bonds is 3. The average molecular weight is 285 g/mol. The number of hydrogen-bond acceptors (Lipinski definition) is 4. The van der Waals surface area contributed by atoms with Gasteiger partial charge in [0.15, 0.2) is 0 Å². The van der Waals surface area contributed by atoms with Crippen LogP contribution in [0.1, 0.15) is 21.5 Å². The van der Waals surface area contributed by atoms with Crippen molar-refractivity contribution in [1.82, 2.24) is 0 Å². The second-order valence-electron chi connectivity index (χ2n) is 4.49. The van der Waals surface area contributed by atoms with Gasteiger partial charge in [0.05, 0.1) is 11.1 Å². The second kappa shape index (κ2) is 5.51. The monoisotopic (exact) mass is 285 g/mol. The molecule has 6 heteroatoms. The van der Waals surface area contributed by atoms with Gasteiger partial charge in [0.25, 0.3) is 0 Å². The third kappa shape index (κ3) is 2.92. The summed E-state index contributed by atoms with van der Waals surface area (Å²) >= 11 is 0. The van der Waals surface area contributed by atoms with Crippen molar-refractivity contribution in [2.45, 2.75) is 6.92 Å². The summed E-state index contributed by atoms with van der Waals surface area (Å²) in [4.78, 5) is 11.1. The number of nitrogens with zero attached hydrogens (tertiary/aromatic N) is 1. The Hall–Kier alpha value is -3.07. The lowest BCUT2D eigenvalue weighted by molar-refractivity contribution is 0.0698. The number of carboxylic acid groups (broad SMARTS) is 1. The van der Waals surface area contributed by atoms with Crippen molar-refractivity contribution < 1.29 is 14.3 Å². The van der Waals surface area contributed by atoms with Crippen LogP contribution in [0.5, 0.6) is 0 Å². The molecule has 2 aromatic carbocycles. The number of hydrogen-bond donors (Lipinski definition) is 3. The minimum absolute atomic E-state index is 0.0138.